The highest BCUT2D eigenvalue weighted by molar-refractivity contribution is 5.93. The van der Waals surface area contributed by atoms with Crippen molar-refractivity contribution in [2.45, 2.75) is 57.2 Å². The molecule has 134 valence electrons. The van der Waals surface area contributed by atoms with Crippen molar-refractivity contribution in [1.82, 2.24) is 9.97 Å². The number of H-pyrrole nitrogens is 1. The molecule has 2 aliphatic rings. The van der Waals surface area contributed by atoms with E-state index in [1.54, 1.807) is 0 Å². The summed E-state index contributed by atoms with van der Waals surface area (Å²) in [7, 11) is 0. The molecule has 2 saturated heterocycles. The van der Waals surface area contributed by atoms with Crippen LogP contribution < -0.4 is 5.32 Å². The molecule has 2 aromatic rings. The number of carbonyl (C=O) groups excluding carboxylic acids is 1. The monoisotopic (exact) mass is 343 g/mol. The fraction of sp³-hybridized carbons (Fsp3) is 0.579. The number of ether oxygens (including phenoxy) is 2. The maximum Gasteiger partial charge on any atom is 0.224 e. The first-order valence-electron chi connectivity index (χ1n) is 9.31. The van der Waals surface area contributed by atoms with Crippen LogP contribution in [-0.4, -0.2) is 35.2 Å². The minimum absolute atomic E-state index is 0.0346. The Labute approximate surface area is 147 Å². The first kappa shape index (κ1) is 16.5. The standard InChI is InChI=1S/C19H25N3O3/c23-18(9-7-14-4-1-2-10-24-14)20-13-6-8-15-16(12-13)22-19(21-15)17-5-3-11-25-17/h6,8,12,14,17H,1-5,7,9-11H2,(H,20,23)(H,21,22)/t14-,17+/m0/s1. The summed E-state index contributed by atoms with van der Waals surface area (Å²) in [6.45, 7) is 1.63. The van der Waals surface area contributed by atoms with Crippen LogP contribution in [0.2, 0.25) is 0 Å². The van der Waals surface area contributed by atoms with Crippen LogP contribution in [0.25, 0.3) is 11.0 Å². The number of anilines is 1. The van der Waals surface area contributed by atoms with Crippen LogP contribution in [0.15, 0.2) is 18.2 Å². The number of hydrogen-bond acceptors (Lipinski definition) is 4. The van der Waals surface area contributed by atoms with E-state index in [4.69, 9.17) is 9.47 Å². The molecule has 1 aromatic heterocycles. The van der Waals surface area contributed by atoms with Crippen molar-refractivity contribution in [3.05, 3.63) is 24.0 Å². The van der Waals surface area contributed by atoms with E-state index in [-0.39, 0.29) is 18.1 Å². The molecule has 0 aliphatic carbocycles. The van der Waals surface area contributed by atoms with Crippen LogP contribution in [0.1, 0.15) is 56.9 Å². The Kier molecular flexibility index (Phi) is 4.99. The molecule has 3 heterocycles. The van der Waals surface area contributed by atoms with Crippen LogP contribution in [-0.2, 0) is 14.3 Å². The predicted molar refractivity (Wildman–Crippen MR) is 95.5 cm³/mol. The Morgan fingerprint density at radius 3 is 2.92 bits per heavy atom. The molecule has 1 aromatic carbocycles. The third-order valence-electron chi connectivity index (χ3n) is 4.99. The minimum atomic E-state index is 0.0346. The second-order valence-electron chi connectivity index (χ2n) is 6.93. The van der Waals surface area contributed by atoms with Gasteiger partial charge < -0.3 is 19.8 Å². The van der Waals surface area contributed by atoms with Gasteiger partial charge in [0.1, 0.15) is 11.9 Å². The highest BCUT2D eigenvalue weighted by Crippen LogP contribution is 2.28. The van der Waals surface area contributed by atoms with Gasteiger partial charge in [-0.1, -0.05) is 0 Å². The maximum atomic E-state index is 12.2. The molecular weight excluding hydrogens is 318 g/mol. The van der Waals surface area contributed by atoms with Gasteiger partial charge in [-0.25, -0.2) is 4.98 Å². The topological polar surface area (TPSA) is 76.2 Å². The van der Waals surface area contributed by atoms with E-state index in [2.05, 4.69) is 15.3 Å². The number of rotatable bonds is 5. The lowest BCUT2D eigenvalue weighted by atomic mass is 10.0. The molecule has 0 saturated carbocycles. The molecule has 1 amide bonds. The van der Waals surface area contributed by atoms with Crippen molar-refractivity contribution in [1.29, 1.82) is 0 Å². The van der Waals surface area contributed by atoms with Gasteiger partial charge in [0.05, 0.1) is 17.1 Å². The number of imidazole rings is 1. The summed E-state index contributed by atoms with van der Waals surface area (Å²) in [5, 5.41) is 2.98. The van der Waals surface area contributed by atoms with Gasteiger partial charge in [-0.05, 0) is 56.7 Å². The Morgan fingerprint density at radius 1 is 1.20 bits per heavy atom. The van der Waals surface area contributed by atoms with Gasteiger partial charge >= 0.3 is 0 Å². The van der Waals surface area contributed by atoms with Gasteiger partial charge in [-0.15, -0.1) is 0 Å². The average molecular weight is 343 g/mol. The highest BCUT2D eigenvalue weighted by Gasteiger charge is 2.21. The lowest BCUT2D eigenvalue weighted by Crippen LogP contribution is -2.21. The smallest absolute Gasteiger partial charge is 0.224 e. The zero-order valence-corrected chi connectivity index (χ0v) is 14.4. The molecule has 0 unspecified atom stereocenters. The summed E-state index contributed by atoms with van der Waals surface area (Å²) in [5.74, 6) is 0.915. The molecule has 2 atom stereocenters. The quantitative estimate of drug-likeness (QED) is 0.868. The Hall–Kier alpha value is -1.92. The van der Waals surface area contributed by atoms with E-state index in [1.165, 1.54) is 6.42 Å². The van der Waals surface area contributed by atoms with Crippen molar-refractivity contribution >= 4 is 22.6 Å². The lowest BCUT2D eigenvalue weighted by molar-refractivity contribution is -0.117. The second kappa shape index (κ2) is 7.54. The van der Waals surface area contributed by atoms with E-state index in [1.807, 2.05) is 18.2 Å². The molecule has 6 nitrogen and oxygen atoms in total. The summed E-state index contributed by atoms with van der Waals surface area (Å²) >= 11 is 0. The van der Waals surface area contributed by atoms with Crippen molar-refractivity contribution in [2.24, 2.45) is 0 Å². The van der Waals surface area contributed by atoms with Gasteiger partial charge in [0.2, 0.25) is 5.91 Å². The zero-order chi connectivity index (χ0) is 17.1. The summed E-state index contributed by atoms with van der Waals surface area (Å²) in [5.41, 5.74) is 2.63. The molecule has 0 radical (unpaired) electrons. The number of carbonyl (C=O) groups is 1. The van der Waals surface area contributed by atoms with E-state index in [0.29, 0.717) is 6.42 Å². The fourth-order valence-electron chi connectivity index (χ4n) is 3.60. The Bertz CT molecular complexity index is 731. The normalized spacial score (nSPS) is 23.8. The van der Waals surface area contributed by atoms with Crippen molar-refractivity contribution in [2.75, 3.05) is 18.5 Å². The summed E-state index contributed by atoms with van der Waals surface area (Å²) in [6.07, 6.45) is 7.09. The molecule has 0 bridgehead atoms. The van der Waals surface area contributed by atoms with Gasteiger partial charge in [0.15, 0.2) is 0 Å². The number of fused-ring (bicyclic) bond motifs is 1. The molecule has 0 spiro atoms. The number of nitrogens with one attached hydrogen (secondary N) is 2. The number of nitrogens with zero attached hydrogens (tertiary/aromatic N) is 1. The zero-order valence-electron chi connectivity index (χ0n) is 14.4. The number of hydrogen-bond donors (Lipinski definition) is 2. The van der Waals surface area contributed by atoms with E-state index < -0.39 is 0 Å². The fourth-order valence-corrected chi connectivity index (χ4v) is 3.60. The largest absolute Gasteiger partial charge is 0.378 e. The van der Waals surface area contributed by atoms with Crippen LogP contribution in [0.3, 0.4) is 0 Å². The molecule has 25 heavy (non-hydrogen) atoms. The maximum absolute atomic E-state index is 12.2. The van der Waals surface area contributed by atoms with Crippen LogP contribution in [0, 0.1) is 0 Å². The molecular formula is C19H25N3O3. The third kappa shape index (κ3) is 4.02. The van der Waals surface area contributed by atoms with Crippen LogP contribution in [0.4, 0.5) is 5.69 Å². The molecule has 4 rings (SSSR count). The minimum Gasteiger partial charge on any atom is -0.378 e. The van der Waals surface area contributed by atoms with Gasteiger partial charge in [-0.3, -0.25) is 4.79 Å². The summed E-state index contributed by atoms with van der Waals surface area (Å²) in [4.78, 5) is 20.1. The number of amides is 1. The molecule has 2 aliphatic heterocycles. The molecule has 2 fully saturated rings. The molecule has 2 N–H and O–H groups in total. The van der Waals surface area contributed by atoms with Crippen molar-refractivity contribution in [3.63, 3.8) is 0 Å². The van der Waals surface area contributed by atoms with E-state index in [9.17, 15) is 4.79 Å². The van der Waals surface area contributed by atoms with Gasteiger partial charge in [-0.2, -0.15) is 0 Å². The summed E-state index contributed by atoms with van der Waals surface area (Å²) in [6, 6.07) is 5.78. The number of aromatic nitrogens is 2. The first-order valence-corrected chi connectivity index (χ1v) is 9.31. The van der Waals surface area contributed by atoms with Crippen molar-refractivity contribution < 1.29 is 14.3 Å². The van der Waals surface area contributed by atoms with E-state index >= 15 is 0 Å². The van der Waals surface area contributed by atoms with E-state index in [0.717, 1.165) is 67.9 Å². The van der Waals surface area contributed by atoms with Gasteiger partial charge in [0.25, 0.3) is 0 Å². The van der Waals surface area contributed by atoms with Crippen LogP contribution >= 0.6 is 0 Å². The second-order valence-corrected chi connectivity index (χ2v) is 6.93. The van der Waals surface area contributed by atoms with Crippen molar-refractivity contribution in [3.8, 4) is 0 Å². The SMILES string of the molecule is O=C(CC[C@@H]1CCCCO1)Nc1ccc2nc([C@H]3CCCO3)[nH]c2c1. The van der Waals surface area contributed by atoms with Crippen LogP contribution in [0.5, 0.6) is 0 Å². The molecule has 6 heteroatoms. The Balaban J connectivity index is 1.36. The summed E-state index contributed by atoms with van der Waals surface area (Å²) < 4.78 is 11.4. The lowest BCUT2D eigenvalue weighted by Gasteiger charge is -2.22. The Morgan fingerprint density at radius 2 is 2.12 bits per heavy atom. The van der Waals surface area contributed by atoms with Gasteiger partial charge in [0, 0.05) is 25.3 Å². The third-order valence-corrected chi connectivity index (χ3v) is 4.99. The number of benzene rings is 1. The number of aromatic amines is 1. The average Bonchev–Trinajstić information content (AvgIpc) is 3.30. The predicted octanol–water partition coefficient (Wildman–Crippen LogP) is 3.70. The highest BCUT2D eigenvalue weighted by atomic mass is 16.5. The first-order chi connectivity index (χ1) is 12.3.